The first-order chi connectivity index (χ1) is 10.7. The number of hydrogen-bond donors (Lipinski definition) is 1. The van der Waals surface area contributed by atoms with E-state index in [-0.39, 0.29) is 5.91 Å². The number of fused-ring (bicyclic) bond motifs is 1. The molecule has 1 aliphatic carbocycles. The summed E-state index contributed by atoms with van der Waals surface area (Å²) in [7, 11) is 0. The Labute approximate surface area is 131 Å². The van der Waals surface area contributed by atoms with Crippen LogP contribution in [0.1, 0.15) is 54.3 Å². The van der Waals surface area contributed by atoms with Gasteiger partial charge < -0.3 is 10.2 Å². The van der Waals surface area contributed by atoms with Gasteiger partial charge in [0.05, 0.1) is 11.7 Å². The van der Waals surface area contributed by atoms with Gasteiger partial charge in [-0.05, 0) is 57.5 Å². The van der Waals surface area contributed by atoms with Gasteiger partial charge in [-0.1, -0.05) is 11.6 Å². The first-order valence-corrected chi connectivity index (χ1v) is 8.66. The maximum atomic E-state index is 12.8. The van der Waals surface area contributed by atoms with Gasteiger partial charge in [0, 0.05) is 13.1 Å². The Kier molecular flexibility index (Phi) is 3.64. The van der Waals surface area contributed by atoms with Gasteiger partial charge in [-0.25, -0.2) is 4.68 Å². The van der Waals surface area contributed by atoms with E-state index in [9.17, 15) is 4.79 Å². The SMILES string of the molecule is Cc1c(C(=O)N2CC3CCCC3C2)nnn1C1CCNCC1. The van der Waals surface area contributed by atoms with Crippen LogP contribution < -0.4 is 5.32 Å². The van der Waals surface area contributed by atoms with E-state index in [2.05, 4.69) is 15.6 Å². The van der Waals surface area contributed by atoms with Crippen LogP contribution in [-0.2, 0) is 0 Å². The minimum Gasteiger partial charge on any atom is -0.337 e. The molecule has 3 heterocycles. The number of aromatic nitrogens is 3. The van der Waals surface area contributed by atoms with Crippen LogP contribution in [0.2, 0.25) is 0 Å². The summed E-state index contributed by atoms with van der Waals surface area (Å²) >= 11 is 0. The highest BCUT2D eigenvalue weighted by molar-refractivity contribution is 5.93. The standard InChI is InChI=1S/C16H25N5O/c1-11-15(18-19-21(11)14-5-7-17-8-6-14)16(22)20-9-12-3-2-4-13(12)10-20/h12-14,17H,2-10H2,1H3. The molecule has 1 aromatic heterocycles. The second kappa shape index (κ2) is 5.65. The predicted octanol–water partition coefficient (Wildman–Crippen LogP) is 1.38. The minimum absolute atomic E-state index is 0.0899. The van der Waals surface area contributed by atoms with Gasteiger partial charge in [-0.3, -0.25) is 4.79 Å². The smallest absolute Gasteiger partial charge is 0.276 e. The third-order valence-corrected chi connectivity index (χ3v) is 5.80. The summed E-state index contributed by atoms with van der Waals surface area (Å²) in [4.78, 5) is 14.8. The minimum atomic E-state index is 0.0899. The third-order valence-electron chi connectivity index (χ3n) is 5.80. The predicted molar refractivity (Wildman–Crippen MR) is 82.6 cm³/mol. The van der Waals surface area contributed by atoms with Crippen LogP contribution in [0.25, 0.3) is 0 Å². The Hall–Kier alpha value is -1.43. The fourth-order valence-corrected chi connectivity index (χ4v) is 4.49. The van der Waals surface area contributed by atoms with Gasteiger partial charge in [0.15, 0.2) is 5.69 Å². The molecule has 0 spiro atoms. The van der Waals surface area contributed by atoms with E-state index in [4.69, 9.17) is 0 Å². The van der Waals surface area contributed by atoms with Gasteiger partial charge in [0.25, 0.3) is 5.91 Å². The van der Waals surface area contributed by atoms with E-state index in [1.165, 1.54) is 19.3 Å². The number of nitrogens with one attached hydrogen (secondary N) is 1. The molecule has 4 rings (SSSR count). The summed E-state index contributed by atoms with van der Waals surface area (Å²) < 4.78 is 1.98. The molecule has 0 radical (unpaired) electrons. The number of hydrogen-bond acceptors (Lipinski definition) is 4. The monoisotopic (exact) mass is 303 g/mol. The van der Waals surface area contributed by atoms with Gasteiger partial charge in [0.1, 0.15) is 0 Å². The number of rotatable bonds is 2. The molecule has 2 saturated heterocycles. The molecule has 3 aliphatic rings. The highest BCUT2D eigenvalue weighted by Gasteiger charge is 2.39. The molecule has 0 bridgehead atoms. The van der Waals surface area contributed by atoms with Crippen LogP contribution in [0.15, 0.2) is 0 Å². The molecule has 120 valence electrons. The summed E-state index contributed by atoms with van der Waals surface area (Å²) in [5, 5.41) is 11.9. The van der Waals surface area contributed by atoms with Crippen LogP contribution >= 0.6 is 0 Å². The lowest BCUT2D eigenvalue weighted by Crippen LogP contribution is -2.31. The Balaban J connectivity index is 1.50. The van der Waals surface area contributed by atoms with Crippen molar-refractivity contribution in [1.29, 1.82) is 0 Å². The summed E-state index contributed by atoms with van der Waals surface area (Å²) in [5.74, 6) is 1.54. The van der Waals surface area contributed by atoms with Crippen LogP contribution in [0.4, 0.5) is 0 Å². The maximum Gasteiger partial charge on any atom is 0.276 e. The van der Waals surface area contributed by atoms with Gasteiger partial charge in [-0.15, -0.1) is 5.10 Å². The zero-order valence-corrected chi connectivity index (χ0v) is 13.3. The molecule has 3 fully saturated rings. The van der Waals surface area contributed by atoms with E-state index in [1.807, 2.05) is 16.5 Å². The third kappa shape index (κ3) is 2.33. The number of carbonyl (C=O) groups excluding carboxylic acids is 1. The van der Waals surface area contributed by atoms with Crippen molar-refractivity contribution in [3.05, 3.63) is 11.4 Å². The van der Waals surface area contributed by atoms with Crippen molar-refractivity contribution in [2.45, 2.75) is 45.1 Å². The quantitative estimate of drug-likeness (QED) is 0.896. The van der Waals surface area contributed by atoms with Crippen molar-refractivity contribution in [1.82, 2.24) is 25.2 Å². The first-order valence-electron chi connectivity index (χ1n) is 8.66. The van der Waals surface area contributed by atoms with E-state index < -0.39 is 0 Å². The molecular formula is C16H25N5O. The summed E-state index contributed by atoms with van der Waals surface area (Å²) in [6.45, 7) is 5.87. The molecule has 2 aliphatic heterocycles. The van der Waals surface area contributed by atoms with Crippen LogP contribution in [-0.4, -0.2) is 52.0 Å². The molecular weight excluding hydrogens is 278 g/mol. The summed E-state index contributed by atoms with van der Waals surface area (Å²) in [5.41, 5.74) is 1.51. The first kappa shape index (κ1) is 14.2. The molecule has 2 unspecified atom stereocenters. The number of piperidine rings is 1. The molecule has 1 aromatic rings. The van der Waals surface area contributed by atoms with Gasteiger partial charge >= 0.3 is 0 Å². The molecule has 1 amide bonds. The summed E-state index contributed by atoms with van der Waals surface area (Å²) in [6.07, 6.45) is 6.03. The van der Waals surface area contributed by atoms with Crippen molar-refractivity contribution in [3.8, 4) is 0 Å². The second-order valence-corrected chi connectivity index (χ2v) is 7.11. The number of carbonyl (C=O) groups is 1. The highest BCUT2D eigenvalue weighted by Crippen LogP contribution is 2.38. The lowest BCUT2D eigenvalue weighted by molar-refractivity contribution is 0.0774. The fourth-order valence-electron chi connectivity index (χ4n) is 4.49. The molecule has 0 aromatic carbocycles. The Morgan fingerprint density at radius 2 is 1.82 bits per heavy atom. The second-order valence-electron chi connectivity index (χ2n) is 7.11. The lowest BCUT2D eigenvalue weighted by Gasteiger charge is -2.23. The zero-order chi connectivity index (χ0) is 15.1. The van der Waals surface area contributed by atoms with Crippen molar-refractivity contribution >= 4 is 5.91 Å². The Bertz CT molecular complexity index is 551. The van der Waals surface area contributed by atoms with Crippen LogP contribution in [0, 0.1) is 18.8 Å². The van der Waals surface area contributed by atoms with Crippen LogP contribution in [0.3, 0.4) is 0 Å². The Morgan fingerprint density at radius 1 is 1.14 bits per heavy atom. The molecule has 1 N–H and O–H groups in total. The Morgan fingerprint density at radius 3 is 2.50 bits per heavy atom. The van der Waals surface area contributed by atoms with E-state index in [0.717, 1.165) is 56.6 Å². The molecule has 2 atom stereocenters. The molecule has 1 saturated carbocycles. The number of likely N-dealkylation sites (tertiary alicyclic amines) is 1. The van der Waals surface area contributed by atoms with Gasteiger partial charge in [-0.2, -0.15) is 0 Å². The van der Waals surface area contributed by atoms with Crippen molar-refractivity contribution in [2.24, 2.45) is 11.8 Å². The van der Waals surface area contributed by atoms with Crippen LogP contribution in [0.5, 0.6) is 0 Å². The van der Waals surface area contributed by atoms with E-state index >= 15 is 0 Å². The highest BCUT2D eigenvalue weighted by atomic mass is 16.2. The number of nitrogens with zero attached hydrogens (tertiary/aromatic N) is 4. The average molecular weight is 303 g/mol. The molecule has 6 nitrogen and oxygen atoms in total. The summed E-state index contributed by atoms with van der Waals surface area (Å²) in [6, 6.07) is 0.383. The topological polar surface area (TPSA) is 63.1 Å². The lowest BCUT2D eigenvalue weighted by atomic mass is 10.0. The van der Waals surface area contributed by atoms with E-state index in [0.29, 0.717) is 11.7 Å². The molecule has 6 heteroatoms. The zero-order valence-electron chi connectivity index (χ0n) is 13.3. The largest absolute Gasteiger partial charge is 0.337 e. The van der Waals surface area contributed by atoms with Crippen molar-refractivity contribution < 1.29 is 4.79 Å². The average Bonchev–Trinajstić information content (AvgIpc) is 3.21. The van der Waals surface area contributed by atoms with Crippen molar-refractivity contribution in [2.75, 3.05) is 26.2 Å². The number of amides is 1. The van der Waals surface area contributed by atoms with Crippen molar-refractivity contribution in [3.63, 3.8) is 0 Å². The maximum absolute atomic E-state index is 12.8. The molecule has 22 heavy (non-hydrogen) atoms. The van der Waals surface area contributed by atoms with Gasteiger partial charge in [0.2, 0.25) is 0 Å². The fraction of sp³-hybridized carbons (Fsp3) is 0.812. The van der Waals surface area contributed by atoms with E-state index in [1.54, 1.807) is 0 Å². The normalized spacial score (nSPS) is 29.0.